The van der Waals surface area contributed by atoms with E-state index in [1.165, 1.54) is 12.1 Å². The van der Waals surface area contributed by atoms with Gasteiger partial charge >= 0.3 is 6.18 Å². The van der Waals surface area contributed by atoms with Crippen LogP contribution in [0.3, 0.4) is 0 Å². The summed E-state index contributed by atoms with van der Waals surface area (Å²) in [5.74, 6) is 0.110. The zero-order valence-electron chi connectivity index (χ0n) is 9.37. The van der Waals surface area contributed by atoms with Crippen LogP contribution in [-0.2, 0) is 12.6 Å². The molecule has 4 heteroatoms. The van der Waals surface area contributed by atoms with E-state index in [-0.39, 0.29) is 12.0 Å². The summed E-state index contributed by atoms with van der Waals surface area (Å²) in [6.07, 6.45) is -1.48. The monoisotopic (exact) mass is 244 g/mol. The Balaban J connectivity index is 2.11. The van der Waals surface area contributed by atoms with Crippen LogP contribution in [0.1, 0.15) is 30.4 Å². The Morgan fingerprint density at radius 3 is 2.59 bits per heavy atom. The van der Waals surface area contributed by atoms with Gasteiger partial charge in [-0.05, 0) is 36.8 Å². The van der Waals surface area contributed by atoms with Crippen molar-refractivity contribution in [1.29, 1.82) is 0 Å². The van der Waals surface area contributed by atoms with E-state index in [1.807, 2.05) is 0 Å². The van der Waals surface area contributed by atoms with E-state index in [4.69, 9.17) is 0 Å². The third-order valence-electron chi connectivity index (χ3n) is 3.37. The molecule has 1 N–H and O–H groups in total. The van der Waals surface area contributed by atoms with Crippen molar-refractivity contribution in [1.82, 2.24) is 0 Å². The highest BCUT2D eigenvalue weighted by molar-refractivity contribution is 5.26. The summed E-state index contributed by atoms with van der Waals surface area (Å²) in [6.45, 7) is 0. The minimum Gasteiger partial charge on any atom is -0.393 e. The second-order valence-corrected chi connectivity index (χ2v) is 4.66. The van der Waals surface area contributed by atoms with Crippen LogP contribution in [-0.4, -0.2) is 11.2 Å². The highest BCUT2D eigenvalue weighted by Crippen LogP contribution is 2.32. The van der Waals surface area contributed by atoms with E-state index in [9.17, 15) is 18.3 Å². The Hall–Kier alpha value is -1.03. The van der Waals surface area contributed by atoms with Crippen molar-refractivity contribution in [3.05, 3.63) is 35.4 Å². The topological polar surface area (TPSA) is 20.2 Å². The molecule has 0 bridgehead atoms. The fourth-order valence-electron chi connectivity index (χ4n) is 2.43. The first-order valence-electron chi connectivity index (χ1n) is 5.81. The normalized spacial score (nSPS) is 25.2. The highest BCUT2D eigenvalue weighted by atomic mass is 19.4. The summed E-state index contributed by atoms with van der Waals surface area (Å²) in [7, 11) is 0. The number of hydrogen-bond acceptors (Lipinski definition) is 1. The number of rotatable bonds is 2. The average Bonchev–Trinajstić information content (AvgIpc) is 2.64. The van der Waals surface area contributed by atoms with Crippen molar-refractivity contribution < 1.29 is 18.3 Å². The van der Waals surface area contributed by atoms with Crippen LogP contribution in [0.2, 0.25) is 0 Å². The molecule has 94 valence electrons. The molecule has 0 radical (unpaired) electrons. The smallest absolute Gasteiger partial charge is 0.393 e. The molecule has 0 amide bonds. The minimum absolute atomic E-state index is 0.110. The molecule has 1 nitrogen and oxygen atoms in total. The van der Waals surface area contributed by atoms with Crippen LogP contribution in [0.5, 0.6) is 0 Å². The van der Waals surface area contributed by atoms with Crippen LogP contribution in [0.25, 0.3) is 0 Å². The van der Waals surface area contributed by atoms with Crippen molar-refractivity contribution in [3.63, 3.8) is 0 Å². The van der Waals surface area contributed by atoms with Gasteiger partial charge in [-0.2, -0.15) is 13.2 Å². The number of alkyl halides is 3. The molecule has 0 aliphatic heterocycles. The lowest BCUT2D eigenvalue weighted by molar-refractivity contribution is -0.137. The summed E-state index contributed by atoms with van der Waals surface area (Å²) in [5.41, 5.74) is 0.0493. The molecule has 0 heterocycles. The standard InChI is InChI=1S/C13H15F3O/c14-13(15,16)11-5-1-3-9(8-11)7-10-4-2-6-12(10)17/h1,3,5,8,10,12,17H,2,4,6-7H2. The van der Waals surface area contributed by atoms with Crippen LogP contribution in [0.4, 0.5) is 13.2 Å². The lowest BCUT2D eigenvalue weighted by Gasteiger charge is -2.15. The first-order valence-corrected chi connectivity index (χ1v) is 5.81. The summed E-state index contributed by atoms with van der Waals surface area (Å²) in [5, 5.41) is 9.66. The van der Waals surface area contributed by atoms with Gasteiger partial charge < -0.3 is 5.11 Å². The lowest BCUT2D eigenvalue weighted by atomic mass is 9.95. The minimum atomic E-state index is -4.29. The zero-order valence-corrected chi connectivity index (χ0v) is 9.37. The first kappa shape index (κ1) is 12.4. The van der Waals surface area contributed by atoms with Gasteiger partial charge in [0.25, 0.3) is 0 Å². The van der Waals surface area contributed by atoms with Gasteiger partial charge in [0.2, 0.25) is 0 Å². The molecule has 1 aliphatic carbocycles. The molecule has 0 spiro atoms. The Morgan fingerprint density at radius 1 is 1.24 bits per heavy atom. The molecule has 2 unspecified atom stereocenters. The second kappa shape index (κ2) is 4.69. The van der Waals surface area contributed by atoms with Gasteiger partial charge in [0.1, 0.15) is 0 Å². The number of aliphatic hydroxyl groups excluding tert-OH is 1. The van der Waals surface area contributed by atoms with E-state index in [0.717, 1.165) is 25.3 Å². The number of aliphatic hydroxyl groups is 1. The molecule has 2 atom stereocenters. The summed E-state index contributed by atoms with van der Waals surface area (Å²) < 4.78 is 37.5. The molecular formula is C13H15F3O. The van der Waals surface area contributed by atoms with Gasteiger partial charge in [-0.15, -0.1) is 0 Å². The van der Waals surface area contributed by atoms with Gasteiger partial charge in [-0.25, -0.2) is 0 Å². The molecular weight excluding hydrogens is 229 g/mol. The fraction of sp³-hybridized carbons (Fsp3) is 0.538. The molecule has 1 aromatic carbocycles. The predicted molar refractivity (Wildman–Crippen MR) is 58.5 cm³/mol. The van der Waals surface area contributed by atoms with E-state index < -0.39 is 11.7 Å². The molecule has 17 heavy (non-hydrogen) atoms. The van der Waals surface area contributed by atoms with Crippen molar-refractivity contribution in [2.24, 2.45) is 5.92 Å². The first-order chi connectivity index (χ1) is 7.97. The molecule has 0 saturated heterocycles. The van der Waals surface area contributed by atoms with Gasteiger partial charge in [0.05, 0.1) is 11.7 Å². The molecule has 1 saturated carbocycles. The average molecular weight is 244 g/mol. The fourth-order valence-corrected chi connectivity index (χ4v) is 2.43. The van der Waals surface area contributed by atoms with Gasteiger partial charge in [-0.1, -0.05) is 24.6 Å². The van der Waals surface area contributed by atoms with E-state index in [1.54, 1.807) is 6.07 Å². The van der Waals surface area contributed by atoms with Gasteiger partial charge in [0, 0.05) is 0 Å². The van der Waals surface area contributed by atoms with Crippen LogP contribution in [0.15, 0.2) is 24.3 Å². The van der Waals surface area contributed by atoms with Crippen molar-refractivity contribution in [3.8, 4) is 0 Å². The van der Waals surface area contributed by atoms with Crippen molar-refractivity contribution in [2.75, 3.05) is 0 Å². The number of halogens is 3. The maximum atomic E-state index is 12.5. The zero-order chi connectivity index (χ0) is 12.5. The summed E-state index contributed by atoms with van der Waals surface area (Å²) >= 11 is 0. The Bertz CT molecular complexity index is 386. The number of hydrogen-bond donors (Lipinski definition) is 1. The molecule has 1 aromatic rings. The van der Waals surface area contributed by atoms with Gasteiger partial charge in [-0.3, -0.25) is 0 Å². The quantitative estimate of drug-likeness (QED) is 0.845. The van der Waals surface area contributed by atoms with E-state index in [0.29, 0.717) is 12.0 Å². The third kappa shape index (κ3) is 3.00. The Kier molecular flexibility index (Phi) is 3.43. The lowest BCUT2D eigenvalue weighted by Crippen LogP contribution is -2.16. The second-order valence-electron chi connectivity index (χ2n) is 4.66. The molecule has 2 rings (SSSR count). The van der Waals surface area contributed by atoms with Crippen LogP contribution in [0, 0.1) is 5.92 Å². The Morgan fingerprint density at radius 2 is 2.00 bits per heavy atom. The van der Waals surface area contributed by atoms with Crippen molar-refractivity contribution in [2.45, 2.75) is 38.0 Å². The largest absolute Gasteiger partial charge is 0.416 e. The number of benzene rings is 1. The maximum Gasteiger partial charge on any atom is 0.416 e. The summed E-state index contributed by atoms with van der Waals surface area (Å²) in [6, 6.07) is 5.39. The van der Waals surface area contributed by atoms with E-state index in [2.05, 4.69) is 0 Å². The Labute approximate surface area is 98.3 Å². The van der Waals surface area contributed by atoms with Crippen LogP contribution >= 0.6 is 0 Å². The predicted octanol–water partition coefficient (Wildman–Crippen LogP) is 3.41. The molecule has 1 aliphatic rings. The summed E-state index contributed by atoms with van der Waals surface area (Å²) in [4.78, 5) is 0. The SMILES string of the molecule is OC1CCCC1Cc1cccc(C(F)(F)F)c1. The van der Waals surface area contributed by atoms with Crippen LogP contribution < -0.4 is 0 Å². The maximum absolute atomic E-state index is 12.5. The van der Waals surface area contributed by atoms with Crippen molar-refractivity contribution >= 4 is 0 Å². The molecule has 0 aromatic heterocycles. The van der Waals surface area contributed by atoms with E-state index >= 15 is 0 Å². The molecule has 1 fully saturated rings. The highest BCUT2D eigenvalue weighted by Gasteiger charge is 2.31. The third-order valence-corrected chi connectivity index (χ3v) is 3.37. The van der Waals surface area contributed by atoms with Gasteiger partial charge in [0.15, 0.2) is 0 Å².